The van der Waals surface area contributed by atoms with Gasteiger partial charge in [0.25, 0.3) is 0 Å². The van der Waals surface area contributed by atoms with E-state index in [1.807, 2.05) is 19.9 Å². The van der Waals surface area contributed by atoms with Gasteiger partial charge in [0, 0.05) is 29.8 Å². The molecule has 9 heteroatoms. The summed E-state index contributed by atoms with van der Waals surface area (Å²) in [6.07, 6.45) is 3.72. The minimum atomic E-state index is -0.156. The Balaban J connectivity index is 0.00000181. The van der Waals surface area contributed by atoms with Gasteiger partial charge in [0.15, 0.2) is 0 Å². The number of piperidine rings is 1. The zero-order valence-electron chi connectivity index (χ0n) is 19.7. The molecular weight excluding hydrogens is 449 g/mol. The van der Waals surface area contributed by atoms with Crippen LogP contribution in [-0.4, -0.2) is 66.0 Å². The third kappa shape index (κ3) is 5.27. The number of hydrogen-bond acceptors (Lipinski definition) is 4. The summed E-state index contributed by atoms with van der Waals surface area (Å²) < 4.78 is 0. The number of quaternary nitrogens is 2. The maximum absolute atomic E-state index is 12.8. The number of nitrogens with zero attached hydrogens (tertiary/aromatic N) is 3. The fourth-order valence-corrected chi connectivity index (χ4v) is 5.82. The molecule has 1 aliphatic carbocycles. The molecule has 2 bridgehead atoms. The zero-order valence-corrected chi connectivity index (χ0v) is 21.2. The lowest BCUT2D eigenvalue weighted by atomic mass is 9.71. The predicted molar refractivity (Wildman–Crippen MR) is 113 cm³/mol. The van der Waals surface area contributed by atoms with Crippen LogP contribution in [0.4, 0.5) is 5.95 Å². The van der Waals surface area contributed by atoms with Gasteiger partial charge in [-0.1, -0.05) is 13.8 Å². The summed E-state index contributed by atoms with van der Waals surface area (Å²) in [5.74, 6) is 1.17. The summed E-state index contributed by atoms with van der Waals surface area (Å²) in [5.41, 5.74) is 1.92. The van der Waals surface area contributed by atoms with E-state index < -0.39 is 0 Å². The van der Waals surface area contributed by atoms with Crippen molar-refractivity contribution in [3.05, 3.63) is 17.5 Å². The summed E-state index contributed by atoms with van der Waals surface area (Å²) in [4.78, 5) is 39.4. The van der Waals surface area contributed by atoms with Gasteiger partial charge in [-0.25, -0.2) is 0 Å². The van der Waals surface area contributed by atoms with Crippen molar-refractivity contribution in [1.82, 2.24) is 14.9 Å². The molecule has 0 radical (unpaired) electrons. The van der Waals surface area contributed by atoms with E-state index >= 15 is 0 Å². The molecule has 2 unspecified atom stereocenters. The molecule has 4 rings (SSSR count). The molecule has 2 amide bonds. The van der Waals surface area contributed by atoms with E-state index in [4.69, 9.17) is 0 Å². The minimum Gasteiger partial charge on any atom is -1.00 e. The second-order valence-corrected chi connectivity index (χ2v) is 10.1. The molecule has 3 fully saturated rings. The van der Waals surface area contributed by atoms with Crippen LogP contribution < -0.4 is 34.6 Å². The quantitative estimate of drug-likeness (QED) is 0.310. The molecule has 7 nitrogen and oxygen atoms in total. The Morgan fingerprint density at radius 3 is 2.00 bits per heavy atom. The first kappa shape index (κ1) is 27.0. The number of hydrogen-bond donors (Lipinski definition) is 2. The normalized spacial score (nSPS) is 28.8. The molecule has 1 aromatic heterocycles. The van der Waals surface area contributed by atoms with Crippen molar-refractivity contribution in [2.24, 2.45) is 17.3 Å². The van der Waals surface area contributed by atoms with Crippen molar-refractivity contribution < 1.29 is 44.2 Å². The molecule has 3 heterocycles. The van der Waals surface area contributed by atoms with Crippen LogP contribution in [0, 0.1) is 31.1 Å². The molecule has 2 aliphatic heterocycles. The van der Waals surface area contributed by atoms with Crippen molar-refractivity contribution in [3.8, 4) is 0 Å². The molecule has 32 heavy (non-hydrogen) atoms. The predicted octanol–water partition coefficient (Wildman–Crippen LogP) is -6.28. The Morgan fingerprint density at radius 1 is 0.938 bits per heavy atom. The highest BCUT2D eigenvalue weighted by Gasteiger charge is 2.56. The second kappa shape index (κ2) is 10.8. The number of aryl methyl sites for hydroxylation is 2. The van der Waals surface area contributed by atoms with Crippen molar-refractivity contribution in [2.75, 3.05) is 39.3 Å². The van der Waals surface area contributed by atoms with Gasteiger partial charge >= 0.3 is 5.95 Å². The van der Waals surface area contributed by atoms with Gasteiger partial charge in [0.1, 0.15) is 26.2 Å². The zero-order chi connectivity index (χ0) is 21.5. The van der Waals surface area contributed by atoms with Gasteiger partial charge in [-0.05, 0) is 51.0 Å². The number of amides is 2. The molecule has 180 valence electrons. The molecule has 2 atom stereocenters. The lowest BCUT2D eigenvalue weighted by molar-refractivity contribution is -0.988. The number of likely N-dealkylation sites (tertiary alicyclic amines) is 1. The molecule has 3 aliphatic rings. The number of halogens is 2. The van der Waals surface area contributed by atoms with E-state index in [0.717, 1.165) is 75.7 Å². The van der Waals surface area contributed by atoms with Crippen LogP contribution in [0.15, 0.2) is 6.07 Å². The van der Waals surface area contributed by atoms with Gasteiger partial charge < -0.3 is 29.7 Å². The summed E-state index contributed by atoms with van der Waals surface area (Å²) in [7, 11) is 0. The summed E-state index contributed by atoms with van der Waals surface area (Å²) >= 11 is 0. The van der Waals surface area contributed by atoms with Crippen LogP contribution in [0.1, 0.15) is 50.9 Å². The molecule has 0 aromatic carbocycles. The summed E-state index contributed by atoms with van der Waals surface area (Å²) in [5, 5.41) is 0. The largest absolute Gasteiger partial charge is 1.00 e. The van der Waals surface area contributed by atoms with Crippen LogP contribution >= 0.6 is 0 Å². The number of carbonyl (C=O) groups is 2. The smallest absolute Gasteiger partial charge is 0.327 e. The van der Waals surface area contributed by atoms with Crippen molar-refractivity contribution >= 4 is 17.8 Å². The lowest BCUT2D eigenvalue weighted by Crippen LogP contribution is -3.26. The number of carbonyl (C=O) groups excluding carboxylic acids is 2. The number of unbranched alkanes of at least 4 members (excludes halogenated alkanes) is 1. The number of rotatable bonds is 6. The summed E-state index contributed by atoms with van der Waals surface area (Å²) in [6.45, 7) is 14.3. The van der Waals surface area contributed by atoms with E-state index in [2.05, 4.69) is 23.8 Å². The number of imide groups is 1. The first-order chi connectivity index (χ1) is 14.3. The lowest BCUT2D eigenvalue weighted by Gasteiger charge is -2.41. The van der Waals surface area contributed by atoms with E-state index in [0.29, 0.717) is 6.54 Å². The standard InChI is InChI=1S/C23H35N5O2.2ClH/c1-16-15-17(2)25-22(24-16)27-13-11-26(12-14-27)9-5-6-10-28-20(29)18-7-8-19(21(28)30)23(18,3)4;;/h15,18-19H,5-14H2,1-4H3;2*1H. The average molecular weight is 486 g/mol. The van der Waals surface area contributed by atoms with E-state index in [1.165, 1.54) is 4.90 Å². The van der Waals surface area contributed by atoms with Gasteiger partial charge in [0.2, 0.25) is 11.8 Å². The van der Waals surface area contributed by atoms with Crippen LogP contribution in [0.25, 0.3) is 0 Å². The average Bonchev–Trinajstić information content (AvgIpc) is 2.93. The fourth-order valence-electron chi connectivity index (χ4n) is 5.82. The fraction of sp³-hybridized carbons (Fsp3) is 0.739. The summed E-state index contributed by atoms with van der Waals surface area (Å²) in [6, 6.07) is 2.02. The molecule has 2 N–H and O–H groups in total. The minimum absolute atomic E-state index is 0. The highest BCUT2D eigenvalue weighted by molar-refractivity contribution is 6.01. The van der Waals surface area contributed by atoms with Crippen LogP contribution in [0.5, 0.6) is 0 Å². The van der Waals surface area contributed by atoms with E-state index in [1.54, 1.807) is 9.80 Å². The SMILES string of the molecule is Cc1cc(C)nc([NH+]2CC[NH+](CCCCN3C(=O)C4CCC(C3=O)C4(C)C)CC2)n1.[Cl-].[Cl-]. The van der Waals surface area contributed by atoms with E-state index in [-0.39, 0.29) is 53.9 Å². The van der Waals surface area contributed by atoms with Crippen LogP contribution in [0.2, 0.25) is 0 Å². The highest BCUT2D eigenvalue weighted by atomic mass is 35.5. The Morgan fingerprint density at radius 2 is 1.47 bits per heavy atom. The van der Waals surface area contributed by atoms with Gasteiger partial charge in [-0.15, -0.1) is 0 Å². The molecule has 1 saturated carbocycles. The Kier molecular flexibility index (Phi) is 9.07. The first-order valence-corrected chi connectivity index (χ1v) is 11.6. The maximum atomic E-state index is 12.8. The highest BCUT2D eigenvalue weighted by Crippen LogP contribution is 2.52. The number of aromatic nitrogens is 2. The molecule has 0 spiro atoms. The maximum Gasteiger partial charge on any atom is 0.327 e. The van der Waals surface area contributed by atoms with Crippen molar-refractivity contribution in [1.29, 1.82) is 0 Å². The number of nitrogens with one attached hydrogen (secondary N) is 2. The van der Waals surface area contributed by atoms with Crippen molar-refractivity contribution in [3.63, 3.8) is 0 Å². The second-order valence-electron chi connectivity index (χ2n) is 10.1. The third-order valence-corrected chi connectivity index (χ3v) is 7.69. The van der Waals surface area contributed by atoms with Crippen molar-refractivity contribution in [2.45, 2.75) is 53.4 Å². The van der Waals surface area contributed by atoms with Gasteiger partial charge in [0.05, 0.1) is 6.54 Å². The first-order valence-electron chi connectivity index (χ1n) is 11.6. The number of piperazine rings is 1. The topological polar surface area (TPSA) is 72.0 Å². The molecule has 1 aromatic rings. The van der Waals surface area contributed by atoms with Crippen LogP contribution in [-0.2, 0) is 9.59 Å². The Hall–Kier alpha value is -1.28. The Bertz CT molecular complexity index is 780. The van der Waals surface area contributed by atoms with Crippen LogP contribution in [0.3, 0.4) is 0 Å². The monoisotopic (exact) mass is 485 g/mol. The molecule has 2 saturated heterocycles. The Labute approximate surface area is 204 Å². The molecular formula is C23H37Cl2N5O2. The number of fused-ring (bicyclic) bond motifs is 2. The van der Waals surface area contributed by atoms with E-state index in [9.17, 15) is 9.59 Å². The van der Waals surface area contributed by atoms with Gasteiger partial charge in [-0.2, -0.15) is 9.97 Å². The van der Waals surface area contributed by atoms with Gasteiger partial charge in [-0.3, -0.25) is 19.4 Å². The third-order valence-electron chi connectivity index (χ3n) is 7.69.